The van der Waals surface area contributed by atoms with E-state index in [1.165, 1.54) is 65.6 Å². The van der Waals surface area contributed by atoms with Crippen LogP contribution in [0.3, 0.4) is 0 Å². The van der Waals surface area contributed by atoms with E-state index in [1.54, 1.807) is 0 Å². The molecule has 11 heteroatoms. The number of aromatic nitrogens is 9. The Balaban J connectivity index is 0.000000136. The van der Waals surface area contributed by atoms with Gasteiger partial charge in [0, 0.05) is 76.4 Å². The highest BCUT2D eigenvalue weighted by Gasteiger charge is 2.37. The number of fused-ring (bicyclic) bond motifs is 18. The van der Waals surface area contributed by atoms with Crippen molar-refractivity contribution < 1.29 is 8.83 Å². The first kappa shape index (κ1) is 62.7. The summed E-state index contributed by atoms with van der Waals surface area (Å²) in [6.45, 7) is 4.69. The highest BCUT2D eigenvalue weighted by Crippen LogP contribution is 2.52. The van der Waals surface area contributed by atoms with Crippen molar-refractivity contribution in [3.05, 3.63) is 357 Å². The van der Waals surface area contributed by atoms with Gasteiger partial charge >= 0.3 is 0 Å². The fourth-order valence-corrected chi connectivity index (χ4v) is 17.2. The molecule has 7 heterocycles. The Morgan fingerprint density at radius 2 is 0.582 bits per heavy atom. The van der Waals surface area contributed by atoms with Crippen LogP contribution in [0, 0.1) is 0 Å². The van der Waals surface area contributed by atoms with Crippen molar-refractivity contribution in [2.45, 2.75) is 19.3 Å². The second kappa shape index (κ2) is 24.7. The summed E-state index contributed by atoms with van der Waals surface area (Å²) in [7, 11) is 0. The zero-order valence-corrected chi connectivity index (χ0v) is 59.8. The lowest BCUT2D eigenvalue weighted by atomic mass is 9.82. The number of rotatable bonds is 9. The summed E-state index contributed by atoms with van der Waals surface area (Å²) >= 11 is 0. The maximum atomic E-state index is 6.86. The predicted molar refractivity (Wildman–Crippen MR) is 447 cm³/mol. The van der Waals surface area contributed by atoms with Gasteiger partial charge < -0.3 is 22.5 Å². The van der Waals surface area contributed by atoms with E-state index in [0.29, 0.717) is 34.9 Å². The highest BCUT2D eigenvalue weighted by molar-refractivity contribution is 6.22. The topological polar surface area (TPSA) is 118 Å². The molecular formula is C99H63N9O2. The minimum Gasteiger partial charge on any atom is -0.455 e. The minimum absolute atomic E-state index is 0.119. The lowest BCUT2D eigenvalue weighted by Crippen LogP contribution is -2.14. The van der Waals surface area contributed by atoms with Gasteiger partial charge in [0.2, 0.25) is 0 Å². The van der Waals surface area contributed by atoms with Gasteiger partial charge in [-0.25, -0.2) is 29.9 Å². The quantitative estimate of drug-likeness (QED) is 0.140. The molecule has 15 aromatic carbocycles. The highest BCUT2D eigenvalue weighted by atomic mass is 16.3. The van der Waals surface area contributed by atoms with Crippen molar-refractivity contribution in [2.24, 2.45) is 0 Å². The van der Waals surface area contributed by atoms with Gasteiger partial charge in [0.1, 0.15) is 22.3 Å². The molecule has 0 amide bonds. The summed E-state index contributed by atoms with van der Waals surface area (Å²) in [5.74, 6) is 3.58. The van der Waals surface area contributed by atoms with Crippen LogP contribution in [0.15, 0.2) is 355 Å². The van der Waals surface area contributed by atoms with E-state index in [1.807, 2.05) is 133 Å². The van der Waals surface area contributed by atoms with Gasteiger partial charge in [-0.1, -0.05) is 269 Å². The largest absolute Gasteiger partial charge is 0.455 e. The van der Waals surface area contributed by atoms with E-state index in [-0.39, 0.29) is 5.41 Å². The number of furan rings is 2. The van der Waals surface area contributed by atoms with Crippen molar-refractivity contribution in [1.29, 1.82) is 0 Å². The summed E-state index contributed by atoms with van der Waals surface area (Å²) in [4.78, 5) is 30.1. The van der Waals surface area contributed by atoms with Crippen molar-refractivity contribution in [1.82, 2.24) is 43.6 Å². The Morgan fingerprint density at radius 3 is 1.05 bits per heavy atom. The van der Waals surface area contributed by atoms with Crippen molar-refractivity contribution in [3.63, 3.8) is 0 Å². The van der Waals surface area contributed by atoms with E-state index in [4.69, 9.17) is 38.7 Å². The lowest BCUT2D eigenvalue weighted by molar-refractivity contribution is 0.661. The van der Waals surface area contributed by atoms with Crippen LogP contribution in [-0.4, -0.2) is 43.6 Å². The monoisotopic (exact) mass is 1410 g/mol. The number of para-hydroxylation sites is 6. The molecule has 0 fully saturated rings. The third-order valence-electron chi connectivity index (χ3n) is 22.2. The molecular weight excluding hydrogens is 1350 g/mol. The Bertz CT molecular complexity index is 7370. The number of hydrogen-bond acceptors (Lipinski definition) is 8. The van der Waals surface area contributed by atoms with Gasteiger partial charge in [-0.2, -0.15) is 0 Å². The van der Waals surface area contributed by atoms with Crippen molar-refractivity contribution in [3.8, 4) is 96.5 Å². The smallest absolute Gasteiger partial charge is 0.167 e. The molecule has 110 heavy (non-hydrogen) atoms. The summed E-state index contributed by atoms with van der Waals surface area (Å²) in [6, 6.07) is 121. The van der Waals surface area contributed by atoms with E-state index < -0.39 is 0 Å². The standard InChI is InChI=1S/C51H31N5O.C48H32N4O/c1-4-16-32(17-5-1)49-52-50(33-18-6-2-7-19-33)54-51(53-49)38-25-14-24-37-47-43(28-15-29-46(47)57-48(37)38)56-42-27-13-11-23-36(42)40-30-39-35-22-10-12-26-41(35)55(44(39)31-45(40)56)34-20-8-3-9-21-34;1-48(2)37-23-11-9-19-31(37)35-27-36-32-20-10-12-24-39(32)52(41(36)28-38(35)48)40-25-14-26-42-43(40)33-21-13-22-34(44(33)53-42)47-50-45(29-15-5-3-6-16-29)49-46(51-47)30-17-7-4-8-18-30/h1-31H;3-28H,1-2H3. The average molecular weight is 1410 g/mol. The van der Waals surface area contributed by atoms with E-state index >= 15 is 0 Å². The van der Waals surface area contributed by atoms with Crippen LogP contribution in [0.2, 0.25) is 0 Å². The van der Waals surface area contributed by atoms with Crippen LogP contribution in [0.5, 0.6) is 0 Å². The van der Waals surface area contributed by atoms with E-state index in [2.05, 4.69) is 240 Å². The molecule has 0 bridgehead atoms. The van der Waals surface area contributed by atoms with Gasteiger partial charge in [0.05, 0.1) is 66.4 Å². The molecule has 23 rings (SSSR count). The van der Waals surface area contributed by atoms with Crippen LogP contribution in [0.1, 0.15) is 25.0 Å². The Hall–Kier alpha value is -14.7. The number of nitrogens with zero attached hydrogens (tertiary/aromatic N) is 9. The first-order chi connectivity index (χ1) is 54.3. The maximum Gasteiger partial charge on any atom is 0.167 e. The molecule has 0 unspecified atom stereocenters. The summed E-state index contributed by atoms with van der Waals surface area (Å²) in [6.07, 6.45) is 0. The molecule has 0 N–H and O–H groups in total. The normalized spacial score (nSPS) is 12.5. The Kier molecular flexibility index (Phi) is 14.1. The first-order valence-electron chi connectivity index (χ1n) is 37.2. The molecule has 11 nitrogen and oxygen atoms in total. The fraction of sp³-hybridized carbons (Fsp3) is 0.0303. The van der Waals surface area contributed by atoms with Crippen molar-refractivity contribution >= 4 is 109 Å². The van der Waals surface area contributed by atoms with E-state index in [0.717, 1.165) is 116 Å². The summed E-state index contributed by atoms with van der Waals surface area (Å²) < 4.78 is 20.9. The molecule has 0 saturated carbocycles. The predicted octanol–water partition coefficient (Wildman–Crippen LogP) is 25.1. The zero-order valence-electron chi connectivity index (χ0n) is 59.8. The van der Waals surface area contributed by atoms with Gasteiger partial charge in [-0.3, -0.25) is 0 Å². The fourth-order valence-electron chi connectivity index (χ4n) is 17.2. The molecule has 516 valence electrons. The Labute approximate surface area is 630 Å². The average Bonchev–Trinajstić information content (AvgIpc) is 1.55. The van der Waals surface area contributed by atoms with Gasteiger partial charge in [0.25, 0.3) is 0 Å². The molecule has 0 atom stereocenters. The zero-order chi connectivity index (χ0) is 72.7. The molecule has 7 aromatic heterocycles. The van der Waals surface area contributed by atoms with Crippen molar-refractivity contribution in [2.75, 3.05) is 0 Å². The number of hydrogen-bond donors (Lipinski definition) is 0. The summed E-state index contributed by atoms with van der Waals surface area (Å²) in [5.41, 5.74) is 23.8. The lowest BCUT2D eigenvalue weighted by Gasteiger charge is -2.21. The summed E-state index contributed by atoms with van der Waals surface area (Å²) in [5, 5.41) is 11.4. The van der Waals surface area contributed by atoms with Crippen LogP contribution in [-0.2, 0) is 5.41 Å². The third kappa shape index (κ3) is 9.77. The third-order valence-corrected chi connectivity index (χ3v) is 22.2. The molecule has 1 aliphatic carbocycles. The van der Waals surface area contributed by atoms with E-state index in [9.17, 15) is 0 Å². The SMILES string of the molecule is CC1(C)c2ccccc2-c2cc3c4ccccc4n(-c4cccc5oc6c(-c7nc(-c8ccccc8)nc(-c8ccccc8)n7)cccc6c45)c3cc21.c1ccc(-c2nc(-c3ccccc3)nc(-c3cccc4c3oc3cccc(-n5c6ccccc6c6cc7c8ccccc8n(-c8ccccc8)c7cc65)c34)n2)cc1. The van der Waals surface area contributed by atoms with Crippen LogP contribution in [0.4, 0.5) is 0 Å². The molecule has 1 aliphatic rings. The Morgan fingerprint density at radius 1 is 0.236 bits per heavy atom. The molecule has 0 spiro atoms. The van der Waals surface area contributed by atoms with Crippen LogP contribution < -0.4 is 0 Å². The second-order valence-corrected chi connectivity index (χ2v) is 28.8. The van der Waals surface area contributed by atoms with Crippen LogP contribution >= 0.6 is 0 Å². The number of benzene rings is 15. The van der Waals surface area contributed by atoms with Gasteiger partial charge in [0.15, 0.2) is 34.9 Å². The molecule has 0 radical (unpaired) electrons. The van der Waals surface area contributed by atoms with Gasteiger partial charge in [-0.15, -0.1) is 0 Å². The van der Waals surface area contributed by atoms with Crippen LogP contribution in [0.25, 0.3) is 206 Å². The molecule has 22 aromatic rings. The molecule has 0 saturated heterocycles. The maximum absolute atomic E-state index is 6.86. The second-order valence-electron chi connectivity index (χ2n) is 28.8. The minimum atomic E-state index is -0.119. The van der Waals surface area contributed by atoms with Gasteiger partial charge in [-0.05, 0) is 113 Å². The first-order valence-corrected chi connectivity index (χ1v) is 37.2. The molecule has 0 aliphatic heterocycles.